The minimum atomic E-state index is -0.952. The average molecular weight is 159 g/mol. The number of hydrogen-bond donors (Lipinski definition) is 1. The number of nitrogens with zero attached hydrogens (tertiary/aromatic N) is 1. The molecule has 0 rings (SSSR count). The molecule has 0 radical (unpaired) electrons. The predicted molar refractivity (Wildman–Crippen MR) is 41.3 cm³/mol. The molecular formula is C6H9NO2S. The highest BCUT2D eigenvalue weighted by Gasteiger charge is 2.19. The zero-order chi connectivity index (χ0) is 8.15. The van der Waals surface area contributed by atoms with E-state index in [0.29, 0.717) is 0 Å². The Morgan fingerprint density at radius 2 is 2.20 bits per heavy atom. The fourth-order valence-electron chi connectivity index (χ4n) is 0.546. The lowest BCUT2D eigenvalue weighted by Gasteiger charge is -2.07. The van der Waals surface area contributed by atoms with Crippen LogP contribution in [-0.4, -0.2) is 22.3 Å². The molecule has 0 aliphatic heterocycles. The fraction of sp³-hybridized carbons (Fsp3) is 0.667. The van der Waals surface area contributed by atoms with Gasteiger partial charge in [-0.2, -0.15) is 0 Å². The lowest BCUT2D eigenvalue weighted by Crippen LogP contribution is -2.23. The molecule has 0 aliphatic rings. The summed E-state index contributed by atoms with van der Waals surface area (Å²) in [5.41, 5.74) is 0. The maximum atomic E-state index is 10.4. The van der Waals surface area contributed by atoms with Crippen molar-refractivity contribution in [3.63, 3.8) is 0 Å². The first kappa shape index (κ1) is 9.27. The monoisotopic (exact) mass is 159 g/mol. The van der Waals surface area contributed by atoms with Crippen molar-refractivity contribution < 1.29 is 9.90 Å². The number of aliphatic carboxylic acids is 1. The lowest BCUT2D eigenvalue weighted by molar-refractivity contribution is -0.139. The van der Waals surface area contributed by atoms with Gasteiger partial charge in [-0.05, 0) is 18.1 Å². The highest BCUT2D eigenvalue weighted by Crippen LogP contribution is 2.04. The van der Waals surface area contributed by atoms with E-state index < -0.39 is 12.0 Å². The summed E-state index contributed by atoms with van der Waals surface area (Å²) in [5.74, 6) is -0.986. The van der Waals surface area contributed by atoms with Gasteiger partial charge in [-0.25, -0.2) is 9.79 Å². The Kier molecular flexibility index (Phi) is 3.84. The van der Waals surface area contributed by atoms with Gasteiger partial charge in [-0.15, -0.1) is 0 Å². The summed E-state index contributed by atoms with van der Waals surface area (Å²) in [7, 11) is 0. The molecule has 0 aromatic rings. The molecule has 0 aromatic carbocycles. The van der Waals surface area contributed by atoms with Gasteiger partial charge in [0.2, 0.25) is 0 Å². The Labute approximate surface area is 64.8 Å². The van der Waals surface area contributed by atoms with Crippen molar-refractivity contribution >= 4 is 23.3 Å². The van der Waals surface area contributed by atoms with Gasteiger partial charge in [0.1, 0.15) is 0 Å². The van der Waals surface area contributed by atoms with Crippen LogP contribution in [-0.2, 0) is 4.79 Å². The smallest absolute Gasteiger partial charge is 0.329 e. The molecule has 0 amide bonds. The molecule has 1 atom stereocenters. The van der Waals surface area contributed by atoms with Gasteiger partial charge >= 0.3 is 5.97 Å². The van der Waals surface area contributed by atoms with Crippen LogP contribution in [0.2, 0.25) is 0 Å². The molecule has 1 unspecified atom stereocenters. The third kappa shape index (κ3) is 2.71. The molecule has 4 heteroatoms. The average Bonchev–Trinajstić information content (AvgIpc) is 1.81. The quantitative estimate of drug-likeness (QED) is 0.497. The molecule has 1 N–H and O–H groups in total. The summed E-state index contributed by atoms with van der Waals surface area (Å²) in [6.45, 7) is 3.55. The van der Waals surface area contributed by atoms with Crippen molar-refractivity contribution in [2.24, 2.45) is 10.9 Å². The first-order valence-electron chi connectivity index (χ1n) is 2.89. The number of thiocarbonyl (C=S) groups is 1. The topological polar surface area (TPSA) is 49.7 Å². The summed E-state index contributed by atoms with van der Waals surface area (Å²) < 4.78 is 0. The van der Waals surface area contributed by atoms with Crippen molar-refractivity contribution in [2.45, 2.75) is 19.9 Å². The normalized spacial score (nSPS) is 12.3. The van der Waals surface area contributed by atoms with E-state index in [-0.39, 0.29) is 5.92 Å². The van der Waals surface area contributed by atoms with Crippen LogP contribution in [0.25, 0.3) is 0 Å². The Bertz CT molecular complexity index is 171. The van der Waals surface area contributed by atoms with Crippen molar-refractivity contribution in [3.8, 4) is 0 Å². The Balaban J connectivity index is 4.26. The first-order chi connectivity index (χ1) is 4.59. The van der Waals surface area contributed by atoms with Crippen LogP contribution in [0.5, 0.6) is 0 Å². The molecule has 0 aliphatic carbocycles. The van der Waals surface area contributed by atoms with Gasteiger partial charge in [0.05, 0.1) is 5.16 Å². The van der Waals surface area contributed by atoms with Crippen LogP contribution in [0, 0.1) is 5.92 Å². The van der Waals surface area contributed by atoms with E-state index in [4.69, 9.17) is 5.11 Å². The summed E-state index contributed by atoms with van der Waals surface area (Å²) in [4.78, 5) is 13.8. The van der Waals surface area contributed by atoms with E-state index in [0.717, 1.165) is 0 Å². The van der Waals surface area contributed by atoms with Crippen LogP contribution in [0.1, 0.15) is 13.8 Å². The molecule has 0 heterocycles. The first-order valence-corrected chi connectivity index (χ1v) is 3.30. The largest absolute Gasteiger partial charge is 0.480 e. The number of isothiocyanates is 1. The summed E-state index contributed by atoms with van der Waals surface area (Å²) >= 11 is 4.29. The third-order valence-corrected chi connectivity index (χ3v) is 1.18. The minimum absolute atomic E-state index is 0.0343. The second kappa shape index (κ2) is 4.14. The molecule has 0 saturated carbocycles. The second-order valence-electron chi connectivity index (χ2n) is 2.25. The van der Waals surface area contributed by atoms with E-state index in [2.05, 4.69) is 22.4 Å². The van der Waals surface area contributed by atoms with E-state index in [1.807, 2.05) is 0 Å². The SMILES string of the molecule is CC(C)C(N=C=S)C(=O)O. The van der Waals surface area contributed by atoms with E-state index in [1.165, 1.54) is 0 Å². The molecule has 0 bridgehead atoms. The summed E-state index contributed by atoms with van der Waals surface area (Å²) in [6.07, 6.45) is 0. The lowest BCUT2D eigenvalue weighted by atomic mass is 10.1. The third-order valence-electron chi connectivity index (χ3n) is 1.08. The fourth-order valence-corrected chi connectivity index (χ4v) is 0.660. The number of carboxylic acids is 1. The highest BCUT2D eigenvalue weighted by atomic mass is 32.1. The van der Waals surface area contributed by atoms with Crippen molar-refractivity contribution in [3.05, 3.63) is 0 Å². The molecular weight excluding hydrogens is 150 g/mol. The minimum Gasteiger partial charge on any atom is -0.480 e. The van der Waals surface area contributed by atoms with Gasteiger partial charge in [-0.1, -0.05) is 13.8 Å². The van der Waals surface area contributed by atoms with Crippen LogP contribution in [0.15, 0.2) is 4.99 Å². The maximum Gasteiger partial charge on any atom is 0.329 e. The maximum absolute atomic E-state index is 10.4. The predicted octanol–water partition coefficient (Wildman–Crippen LogP) is 1.20. The second-order valence-corrected chi connectivity index (χ2v) is 2.43. The Morgan fingerprint density at radius 1 is 1.70 bits per heavy atom. The summed E-state index contributed by atoms with van der Waals surface area (Å²) in [6, 6.07) is -0.738. The molecule has 10 heavy (non-hydrogen) atoms. The summed E-state index contributed by atoms with van der Waals surface area (Å²) in [5, 5.41) is 10.6. The van der Waals surface area contributed by atoms with E-state index in [1.54, 1.807) is 13.8 Å². The molecule has 0 fully saturated rings. The number of carbonyl (C=O) groups is 1. The van der Waals surface area contributed by atoms with Crippen LogP contribution in [0.4, 0.5) is 0 Å². The van der Waals surface area contributed by atoms with Crippen molar-refractivity contribution in [1.82, 2.24) is 0 Å². The van der Waals surface area contributed by atoms with Gasteiger partial charge in [0, 0.05) is 0 Å². The van der Waals surface area contributed by atoms with E-state index >= 15 is 0 Å². The molecule has 56 valence electrons. The van der Waals surface area contributed by atoms with Crippen LogP contribution >= 0.6 is 12.2 Å². The van der Waals surface area contributed by atoms with Gasteiger partial charge in [0.25, 0.3) is 0 Å². The zero-order valence-electron chi connectivity index (χ0n) is 5.87. The molecule has 0 saturated heterocycles. The number of carboxylic acid groups (broad SMARTS) is 1. The van der Waals surface area contributed by atoms with E-state index in [9.17, 15) is 4.79 Å². The van der Waals surface area contributed by atoms with Crippen molar-refractivity contribution in [2.75, 3.05) is 0 Å². The highest BCUT2D eigenvalue weighted by molar-refractivity contribution is 7.78. The van der Waals surface area contributed by atoms with Crippen LogP contribution < -0.4 is 0 Å². The van der Waals surface area contributed by atoms with Gasteiger partial charge in [0.15, 0.2) is 6.04 Å². The Morgan fingerprint density at radius 3 is 2.30 bits per heavy atom. The zero-order valence-corrected chi connectivity index (χ0v) is 6.68. The number of rotatable bonds is 3. The van der Waals surface area contributed by atoms with Crippen LogP contribution in [0.3, 0.4) is 0 Å². The number of aliphatic imine (C=N–C) groups is 1. The van der Waals surface area contributed by atoms with Gasteiger partial charge in [-0.3, -0.25) is 0 Å². The van der Waals surface area contributed by atoms with Gasteiger partial charge < -0.3 is 5.11 Å². The number of hydrogen-bond acceptors (Lipinski definition) is 3. The van der Waals surface area contributed by atoms with Crippen molar-refractivity contribution in [1.29, 1.82) is 0 Å². The standard InChI is InChI=1S/C6H9NO2S/c1-4(2)5(6(8)9)7-3-10/h4-5H,1-2H3,(H,8,9). The molecule has 3 nitrogen and oxygen atoms in total. The molecule has 0 spiro atoms. The molecule has 0 aromatic heterocycles. The Hall–Kier alpha value is -0.730.